The van der Waals surface area contributed by atoms with Gasteiger partial charge in [-0.1, -0.05) is 18.2 Å². The minimum absolute atomic E-state index is 0.0611. The zero-order valence-corrected chi connectivity index (χ0v) is 17.9. The van der Waals surface area contributed by atoms with E-state index in [2.05, 4.69) is 11.0 Å². The second kappa shape index (κ2) is 9.61. The lowest BCUT2D eigenvalue weighted by atomic mass is 9.87. The first-order chi connectivity index (χ1) is 15.4. The molecule has 0 amide bonds. The summed E-state index contributed by atoms with van der Waals surface area (Å²) in [5.41, 5.74) is 1.58. The van der Waals surface area contributed by atoms with E-state index in [-0.39, 0.29) is 24.9 Å². The van der Waals surface area contributed by atoms with Crippen LogP contribution in [0.1, 0.15) is 54.4 Å². The Morgan fingerprint density at radius 3 is 2.31 bits per heavy atom. The van der Waals surface area contributed by atoms with Gasteiger partial charge in [-0.05, 0) is 80.1 Å². The number of hydrogen-bond donors (Lipinski definition) is 0. The Hall–Kier alpha value is -2.41. The number of alkyl halides is 3. The molecular weight excluding hydrogens is 419 g/mol. The number of likely N-dealkylation sites (tertiary alicyclic amines) is 1. The van der Waals surface area contributed by atoms with Crippen molar-refractivity contribution in [2.45, 2.75) is 57.3 Å². The van der Waals surface area contributed by atoms with Crippen molar-refractivity contribution in [3.63, 3.8) is 0 Å². The van der Waals surface area contributed by atoms with E-state index in [4.69, 9.17) is 4.74 Å². The number of rotatable bonds is 6. The highest BCUT2D eigenvalue weighted by atomic mass is 19.4. The summed E-state index contributed by atoms with van der Waals surface area (Å²) in [6, 6.07) is 9.63. The van der Waals surface area contributed by atoms with Crippen LogP contribution in [0, 0.1) is 11.8 Å². The normalized spacial score (nSPS) is 23.2. The molecule has 0 atom stereocenters. The Kier molecular flexibility index (Phi) is 6.84. The first kappa shape index (κ1) is 22.8. The van der Waals surface area contributed by atoms with E-state index in [1.54, 1.807) is 6.07 Å². The summed E-state index contributed by atoms with van der Waals surface area (Å²) in [5.74, 6) is -0.654. The molecular formula is C25H28F3NO3. The van der Waals surface area contributed by atoms with Crippen LogP contribution in [0.25, 0.3) is 10.8 Å². The van der Waals surface area contributed by atoms with Crippen molar-refractivity contribution in [3.05, 3.63) is 41.5 Å². The fourth-order valence-corrected chi connectivity index (χ4v) is 4.90. The molecule has 0 N–H and O–H groups in total. The minimum Gasteiger partial charge on any atom is -0.490 e. The maximum Gasteiger partial charge on any atom is 0.391 e. The van der Waals surface area contributed by atoms with Crippen molar-refractivity contribution < 1.29 is 27.5 Å². The summed E-state index contributed by atoms with van der Waals surface area (Å²) in [4.78, 5) is 25.1. The molecule has 4 nitrogen and oxygen atoms in total. The third-order valence-electron chi connectivity index (χ3n) is 6.87. The van der Waals surface area contributed by atoms with Gasteiger partial charge in [0.15, 0.2) is 6.29 Å². The van der Waals surface area contributed by atoms with Crippen molar-refractivity contribution in [1.29, 1.82) is 0 Å². The SMILES string of the molecule is O=Cc1c(OC2CCC(C(F)(F)F)CC2)ccc2cc(CN3CCC(C=O)CC3)ccc12. The van der Waals surface area contributed by atoms with Gasteiger partial charge in [-0.25, -0.2) is 0 Å². The third-order valence-corrected chi connectivity index (χ3v) is 6.87. The van der Waals surface area contributed by atoms with Crippen molar-refractivity contribution in [2.75, 3.05) is 13.1 Å². The van der Waals surface area contributed by atoms with Gasteiger partial charge in [-0.2, -0.15) is 13.2 Å². The Balaban J connectivity index is 1.45. The lowest BCUT2D eigenvalue weighted by molar-refractivity contribution is -0.185. The standard InChI is InChI=1S/C25H28F3NO3/c26-25(27,28)20-3-5-21(6-4-20)32-24-8-2-19-13-18(1-7-22(19)23(24)16-31)14-29-11-9-17(15-30)10-12-29/h1-2,7-8,13,15-17,20-21H,3-6,9-12,14H2. The monoisotopic (exact) mass is 447 g/mol. The van der Waals surface area contributed by atoms with E-state index in [1.807, 2.05) is 18.2 Å². The molecule has 0 radical (unpaired) electrons. The van der Waals surface area contributed by atoms with Crippen LogP contribution in [-0.2, 0) is 11.3 Å². The van der Waals surface area contributed by atoms with Crippen LogP contribution < -0.4 is 4.74 Å². The summed E-state index contributed by atoms with van der Waals surface area (Å²) in [6.45, 7) is 2.58. The lowest BCUT2D eigenvalue weighted by Gasteiger charge is -2.30. The second-order valence-electron chi connectivity index (χ2n) is 9.03. The zero-order chi connectivity index (χ0) is 22.7. The molecule has 2 aromatic rings. The molecule has 2 aromatic carbocycles. The number of aldehydes is 2. The second-order valence-corrected chi connectivity index (χ2v) is 9.03. The molecule has 0 bridgehead atoms. The summed E-state index contributed by atoms with van der Waals surface area (Å²) < 4.78 is 44.7. The van der Waals surface area contributed by atoms with Gasteiger partial charge in [0.1, 0.15) is 12.0 Å². The largest absolute Gasteiger partial charge is 0.490 e. The van der Waals surface area contributed by atoms with E-state index in [1.165, 1.54) is 0 Å². The molecule has 0 spiro atoms. The van der Waals surface area contributed by atoms with Crippen LogP contribution >= 0.6 is 0 Å². The van der Waals surface area contributed by atoms with Crippen molar-refractivity contribution in [2.24, 2.45) is 11.8 Å². The van der Waals surface area contributed by atoms with Gasteiger partial charge in [-0.3, -0.25) is 9.69 Å². The minimum atomic E-state index is -4.15. The maximum absolute atomic E-state index is 12.9. The quantitative estimate of drug-likeness (QED) is 0.544. The Labute approximate surface area is 185 Å². The average Bonchev–Trinajstić information content (AvgIpc) is 2.79. The highest BCUT2D eigenvalue weighted by Gasteiger charge is 2.41. The Morgan fingerprint density at radius 2 is 1.69 bits per heavy atom. The van der Waals surface area contributed by atoms with Gasteiger partial charge in [0.2, 0.25) is 0 Å². The smallest absolute Gasteiger partial charge is 0.391 e. The number of hydrogen-bond acceptors (Lipinski definition) is 4. The molecule has 32 heavy (non-hydrogen) atoms. The summed E-state index contributed by atoms with van der Waals surface area (Å²) >= 11 is 0. The van der Waals surface area contributed by atoms with Crippen molar-refractivity contribution in [3.8, 4) is 5.75 Å². The fourth-order valence-electron chi connectivity index (χ4n) is 4.90. The molecule has 1 aliphatic heterocycles. The maximum atomic E-state index is 12.9. The number of fused-ring (bicyclic) bond motifs is 1. The van der Waals surface area contributed by atoms with Crippen LogP contribution in [-0.4, -0.2) is 42.8 Å². The van der Waals surface area contributed by atoms with E-state index in [0.29, 0.717) is 24.2 Å². The number of halogens is 3. The van der Waals surface area contributed by atoms with Crippen LogP contribution in [0.5, 0.6) is 5.75 Å². The third kappa shape index (κ3) is 5.14. The first-order valence-electron chi connectivity index (χ1n) is 11.3. The van der Waals surface area contributed by atoms with E-state index < -0.39 is 12.1 Å². The molecule has 2 aliphatic rings. The predicted molar refractivity (Wildman–Crippen MR) is 116 cm³/mol. The van der Waals surface area contributed by atoms with Crippen LogP contribution in [0.4, 0.5) is 13.2 Å². The summed E-state index contributed by atoms with van der Waals surface area (Å²) in [6.07, 6.45) is -0.0745. The average molecular weight is 447 g/mol. The molecule has 1 aliphatic carbocycles. The number of carbonyl (C=O) groups excluding carboxylic acids is 2. The molecule has 1 heterocycles. The topological polar surface area (TPSA) is 46.6 Å². The van der Waals surface area contributed by atoms with Gasteiger partial charge < -0.3 is 9.53 Å². The molecule has 7 heteroatoms. The van der Waals surface area contributed by atoms with Gasteiger partial charge in [-0.15, -0.1) is 0 Å². The summed E-state index contributed by atoms with van der Waals surface area (Å²) in [7, 11) is 0. The van der Waals surface area contributed by atoms with Crippen LogP contribution in [0.15, 0.2) is 30.3 Å². The molecule has 0 unspecified atom stereocenters. The number of benzene rings is 2. The van der Waals surface area contributed by atoms with Gasteiger partial charge in [0.05, 0.1) is 17.6 Å². The highest BCUT2D eigenvalue weighted by molar-refractivity contribution is 6.01. The van der Waals surface area contributed by atoms with Crippen molar-refractivity contribution in [1.82, 2.24) is 4.90 Å². The van der Waals surface area contributed by atoms with Gasteiger partial charge in [0, 0.05) is 12.5 Å². The highest BCUT2D eigenvalue weighted by Crippen LogP contribution is 2.39. The number of carbonyl (C=O) groups is 2. The molecule has 1 saturated heterocycles. The number of nitrogens with zero attached hydrogens (tertiary/aromatic N) is 1. The van der Waals surface area contributed by atoms with Crippen LogP contribution in [0.2, 0.25) is 0 Å². The molecule has 1 saturated carbocycles. The fraction of sp³-hybridized carbons (Fsp3) is 0.520. The predicted octanol–water partition coefficient (Wildman–Crippen LogP) is 5.56. The van der Waals surface area contributed by atoms with Crippen LogP contribution in [0.3, 0.4) is 0 Å². The molecule has 4 rings (SSSR count). The summed E-state index contributed by atoms with van der Waals surface area (Å²) in [5, 5.41) is 1.71. The molecule has 0 aromatic heterocycles. The van der Waals surface area contributed by atoms with E-state index >= 15 is 0 Å². The number of piperidine rings is 1. The Bertz CT molecular complexity index is 959. The number of ether oxygens (including phenoxy) is 1. The van der Waals surface area contributed by atoms with Crippen molar-refractivity contribution >= 4 is 23.3 Å². The molecule has 2 fully saturated rings. The molecule has 172 valence electrons. The van der Waals surface area contributed by atoms with Gasteiger partial charge in [0.25, 0.3) is 0 Å². The Morgan fingerprint density at radius 1 is 0.969 bits per heavy atom. The van der Waals surface area contributed by atoms with Gasteiger partial charge >= 0.3 is 6.18 Å². The lowest BCUT2D eigenvalue weighted by Crippen LogP contribution is -2.33. The van der Waals surface area contributed by atoms with E-state index in [9.17, 15) is 22.8 Å². The first-order valence-corrected chi connectivity index (χ1v) is 11.3. The van der Waals surface area contributed by atoms with E-state index in [0.717, 1.165) is 61.4 Å². The zero-order valence-electron chi connectivity index (χ0n) is 17.9.